The van der Waals surface area contributed by atoms with Gasteiger partial charge in [-0.25, -0.2) is 0 Å². The van der Waals surface area contributed by atoms with Crippen LogP contribution in [0.15, 0.2) is 5.18 Å². The topological polar surface area (TPSA) is 87.0 Å². The molecule has 0 aromatic heterocycles. The summed E-state index contributed by atoms with van der Waals surface area (Å²) in [5.41, 5.74) is -0.656. The Kier molecular flexibility index (Phi) is 6.42. The lowest BCUT2D eigenvalue weighted by Crippen LogP contribution is -2.58. The van der Waals surface area contributed by atoms with Crippen LogP contribution in [0.3, 0.4) is 0 Å². The highest BCUT2D eigenvalue weighted by atomic mass is 16.3. The Morgan fingerprint density at radius 3 is 2.44 bits per heavy atom. The van der Waals surface area contributed by atoms with Crippen LogP contribution in [0.5, 0.6) is 0 Å². The molecule has 4 rings (SSSR count). The summed E-state index contributed by atoms with van der Waals surface area (Å²) in [6, 6.07) is -0.139. The predicted molar refractivity (Wildman–Crippen MR) is 126 cm³/mol. The molecule has 4 aliphatic carbocycles. The first-order valence-corrected chi connectivity index (χ1v) is 13.2. The van der Waals surface area contributed by atoms with E-state index in [4.69, 9.17) is 0 Å². The van der Waals surface area contributed by atoms with E-state index in [-0.39, 0.29) is 16.9 Å². The zero-order valence-electron chi connectivity index (χ0n) is 20.8. The molecule has 5 heteroatoms. The Hall–Kier alpha value is -0.810. The molecule has 0 spiro atoms. The van der Waals surface area contributed by atoms with Crippen molar-refractivity contribution in [3.05, 3.63) is 4.91 Å². The first kappa shape index (κ1) is 24.3. The number of hydrogen-bond acceptors (Lipinski definition) is 5. The second kappa shape index (κ2) is 8.45. The summed E-state index contributed by atoms with van der Waals surface area (Å²) in [5.74, 6) is 3.19. The normalized spacial score (nSPS) is 46.0. The van der Waals surface area contributed by atoms with E-state index in [0.717, 1.165) is 25.7 Å². The first-order chi connectivity index (χ1) is 14.9. The summed E-state index contributed by atoms with van der Waals surface area (Å²) < 4.78 is 0. The van der Waals surface area contributed by atoms with Crippen LogP contribution < -0.4 is 0 Å². The SMILES string of the molecule is C[C@H](CCC(O)C(C)(C)O)[C@H]1CC[C@H]2[C@@H]3C(N=O)C[C@@H]4CC(=O)CC[C@]4(C)[C@H]3CC[C@]12C. The quantitative estimate of drug-likeness (QED) is 0.526. The van der Waals surface area contributed by atoms with E-state index in [0.29, 0.717) is 60.6 Å². The van der Waals surface area contributed by atoms with Gasteiger partial charge in [0, 0.05) is 12.8 Å². The van der Waals surface area contributed by atoms with Crippen molar-refractivity contribution in [1.29, 1.82) is 0 Å². The molecule has 0 aromatic rings. The standard InChI is InChI=1S/C27H45NO4/c1-16(6-9-23(30)25(2,3)31)19-7-8-20-24-21(11-13-27(19,20)5)26(4)12-10-18(29)14-17(26)15-22(24)28-32/h16-17,19-24,30-31H,6-15H2,1-5H3/t16-,17+,19-,20+,21+,22?,23?,24+,26+,27-/m1/s1. The van der Waals surface area contributed by atoms with Crippen LogP contribution in [0.2, 0.25) is 0 Å². The second-order valence-electron chi connectivity index (χ2n) is 13.1. The maximum Gasteiger partial charge on any atom is 0.133 e. The van der Waals surface area contributed by atoms with Gasteiger partial charge >= 0.3 is 0 Å². The van der Waals surface area contributed by atoms with Gasteiger partial charge in [-0.1, -0.05) is 25.9 Å². The Morgan fingerprint density at radius 2 is 1.78 bits per heavy atom. The summed E-state index contributed by atoms with van der Waals surface area (Å²) in [6.45, 7) is 10.6. The Morgan fingerprint density at radius 1 is 1.09 bits per heavy atom. The zero-order valence-corrected chi connectivity index (χ0v) is 20.8. The van der Waals surface area contributed by atoms with Crippen molar-refractivity contribution in [1.82, 2.24) is 0 Å². The summed E-state index contributed by atoms with van der Waals surface area (Å²) in [5, 5.41) is 24.1. The minimum Gasteiger partial charge on any atom is -0.390 e. The number of nitrogens with zero attached hydrogens (tertiary/aromatic N) is 1. The van der Waals surface area contributed by atoms with Crippen molar-refractivity contribution in [3.8, 4) is 0 Å². The van der Waals surface area contributed by atoms with Gasteiger partial charge in [0.25, 0.3) is 0 Å². The molecular formula is C27H45NO4. The van der Waals surface area contributed by atoms with Crippen LogP contribution >= 0.6 is 0 Å². The van der Waals surface area contributed by atoms with E-state index < -0.39 is 11.7 Å². The average molecular weight is 448 g/mol. The molecule has 32 heavy (non-hydrogen) atoms. The Labute approximate surface area is 194 Å². The van der Waals surface area contributed by atoms with Crippen molar-refractivity contribution in [2.75, 3.05) is 0 Å². The van der Waals surface area contributed by atoms with Gasteiger partial charge in [0.1, 0.15) is 5.78 Å². The number of fused-ring (bicyclic) bond motifs is 5. The molecule has 4 saturated carbocycles. The van der Waals surface area contributed by atoms with Gasteiger partial charge in [-0.3, -0.25) is 4.79 Å². The number of rotatable bonds is 6. The van der Waals surface area contributed by atoms with Gasteiger partial charge in [0.15, 0.2) is 0 Å². The minimum atomic E-state index is -1.06. The number of ketones is 1. The number of hydrogen-bond donors (Lipinski definition) is 2. The van der Waals surface area contributed by atoms with Crippen LogP contribution in [-0.2, 0) is 4.79 Å². The fourth-order valence-corrected chi connectivity index (χ4v) is 9.08. The number of carbonyl (C=O) groups is 1. The monoisotopic (exact) mass is 447 g/mol. The molecule has 5 nitrogen and oxygen atoms in total. The molecule has 4 fully saturated rings. The number of Topliss-reactive ketones (excluding diaryl/α,β-unsaturated/α-hetero) is 1. The second-order valence-corrected chi connectivity index (χ2v) is 13.1. The fourth-order valence-electron chi connectivity index (χ4n) is 9.08. The summed E-state index contributed by atoms with van der Waals surface area (Å²) in [4.78, 5) is 24.3. The van der Waals surface area contributed by atoms with Crippen molar-refractivity contribution in [3.63, 3.8) is 0 Å². The molecule has 0 aliphatic heterocycles. The van der Waals surface area contributed by atoms with Crippen LogP contribution in [-0.4, -0.2) is 33.7 Å². The van der Waals surface area contributed by atoms with Crippen molar-refractivity contribution >= 4 is 5.78 Å². The lowest BCUT2D eigenvalue weighted by atomic mass is 9.43. The molecular weight excluding hydrogens is 402 g/mol. The summed E-state index contributed by atoms with van der Waals surface area (Å²) >= 11 is 0. The average Bonchev–Trinajstić information content (AvgIpc) is 3.08. The summed E-state index contributed by atoms with van der Waals surface area (Å²) in [7, 11) is 0. The Balaban J connectivity index is 1.53. The highest BCUT2D eigenvalue weighted by Gasteiger charge is 2.63. The molecule has 10 atom stereocenters. The van der Waals surface area contributed by atoms with E-state index in [1.807, 2.05) is 0 Å². The van der Waals surface area contributed by atoms with Gasteiger partial charge in [-0.15, -0.1) is 0 Å². The van der Waals surface area contributed by atoms with Crippen LogP contribution in [0, 0.1) is 51.2 Å². The van der Waals surface area contributed by atoms with Gasteiger partial charge in [-0.2, -0.15) is 4.91 Å². The maximum absolute atomic E-state index is 12.2. The first-order valence-electron chi connectivity index (χ1n) is 13.2. The van der Waals surface area contributed by atoms with Crippen LogP contribution in [0.4, 0.5) is 0 Å². The van der Waals surface area contributed by atoms with Gasteiger partial charge in [0.05, 0.1) is 17.7 Å². The van der Waals surface area contributed by atoms with Crippen molar-refractivity contribution < 1.29 is 15.0 Å². The van der Waals surface area contributed by atoms with E-state index in [9.17, 15) is 19.9 Å². The molecule has 0 bridgehead atoms. The van der Waals surface area contributed by atoms with Crippen LogP contribution in [0.25, 0.3) is 0 Å². The molecule has 0 heterocycles. The van der Waals surface area contributed by atoms with Gasteiger partial charge < -0.3 is 10.2 Å². The number of carbonyl (C=O) groups excluding carboxylic acids is 1. The van der Waals surface area contributed by atoms with Crippen molar-refractivity contribution in [2.24, 2.45) is 51.5 Å². The lowest BCUT2D eigenvalue weighted by Gasteiger charge is -2.61. The zero-order chi connectivity index (χ0) is 23.5. The summed E-state index contributed by atoms with van der Waals surface area (Å²) in [6.07, 6.45) is 8.71. The van der Waals surface area contributed by atoms with E-state index >= 15 is 0 Å². The molecule has 2 N–H and O–H groups in total. The molecule has 0 aromatic carbocycles. The Bertz CT molecular complexity index is 732. The number of aliphatic hydroxyl groups is 2. The highest BCUT2D eigenvalue weighted by Crippen LogP contribution is 2.68. The molecule has 0 saturated heterocycles. The van der Waals surface area contributed by atoms with Gasteiger partial charge in [0.2, 0.25) is 0 Å². The van der Waals surface area contributed by atoms with E-state index in [1.165, 1.54) is 19.3 Å². The van der Waals surface area contributed by atoms with Crippen LogP contribution in [0.1, 0.15) is 98.8 Å². The van der Waals surface area contributed by atoms with Crippen molar-refractivity contribution in [2.45, 2.75) is 117 Å². The van der Waals surface area contributed by atoms with E-state index in [2.05, 4.69) is 25.9 Å². The molecule has 4 aliphatic rings. The fraction of sp³-hybridized carbons (Fsp3) is 0.963. The molecule has 182 valence electrons. The molecule has 0 amide bonds. The molecule has 2 unspecified atom stereocenters. The molecule has 0 radical (unpaired) electrons. The number of nitroso groups, excluding NO2 is 1. The predicted octanol–water partition coefficient (Wildman–Crippen LogP) is 5.51. The number of aliphatic hydroxyl groups excluding tert-OH is 1. The lowest BCUT2D eigenvalue weighted by molar-refractivity contribution is -0.143. The maximum atomic E-state index is 12.2. The third-order valence-electron chi connectivity index (χ3n) is 11.1. The third kappa shape index (κ3) is 3.89. The highest BCUT2D eigenvalue weighted by molar-refractivity contribution is 5.79. The minimum absolute atomic E-state index is 0.139. The largest absolute Gasteiger partial charge is 0.390 e. The van der Waals surface area contributed by atoms with Gasteiger partial charge in [-0.05, 0) is 112 Å². The van der Waals surface area contributed by atoms with E-state index in [1.54, 1.807) is 13.8 Å². The third-order valence-corrected chi connectivity index (χ3v) is 11.1. The smallest absolute Gasteiger partial charge is 0.133 e.